The first-order chi connectivity index (χ1) is 15.6. The van der Waals surface area contributed by atoms with Crippen molar-refractivity contribution in [2.24, 2.45) is 0 Å². The monoisotopic (exact) mass is 495 g/mol. The van der Waals surface area contributed by atoms with Crippen LogP contribution in [0.4, 0.5) is 0 Å². The average molecular weight is 496 g/mol. The van der Waals surface area contributed by atoms with E-state index < -0.39 is 0 Å². The predicted octanol–water partition coefficient (Wildman–Crippen LogP) is 5.04. The van der Waals surface area contributed by atoms with E-state index in [-0.39, 0.29) is 11.9 Å². The summed E-state index contributed by atoms with van der Waals surface area (Å²) in [5, 5.41) is 3.14. The van der Waals surface area contributed by atoms with Crippen molar-refractivity contribution >= 4 is 21.8 Å². The molecule has 1 amide bonds. The van der Waals surface area contributed by atoms with Gasteiger partial charge in [0.1, 0.15) is 11.5 Å². The second-order valence-electron chi connectivity index (χ2n) is 7.78. The Hall–Kier alpha value is -2.90. The van der Waals surface area contributed by atoms with Crippen LogP contribution in [0.25, 0.3) is 0 Å². The van der Waals surface area contributed by atoms with Crippen molar-refractivity contribution in [1.29, 1.82) is 0 Å². The Balaban J connectivity index is 1.26. The molecule has 3 aromatic rings. The topological polar surface area (TPSA) is 63.7 Å². The number of carbonyl (C=O) groups excluding carboxylic acids is 1. The Morgan fingerprint density at radius 3 is 2.53 bits per heavy atom. The number of hydrogen-bond donors (Lipinski definition) is 1. The van der Waals surface area contributed by atoms with Crippen LogP contribution < -0.4 is 14.8 Å². The molecule has 2 aromatic carbocycles. The molecule has 1 fully saturated rings. The van der Waals surface area contributed by atoms with Gasteiger partial charge >= 0.3 is 0 Å². The molecule has 6 nitrogen and oxygen atoms in total. The van der Waals surface area contributed by atoms with E-state index in [1.54, 1.807) is 25.4 Å². The van der Waals surface area contributed by atoms with Crippen LogP contribution in [0.2, 0.25) is 0 Å². The summed E-state index contributed by atoms with van der Waals surface area (Å²) in [6.45, 7) is 2.72. The van der Waals surface area contributed by atoms with Crippen LogP contribution >= 0.6 is 15.9 Å². The zero-order chi connectivity index (χ0) is 22.3. The number of halogens is 1. The maximum Gasteiger partial charge on any atom is 0.253 e. The lowest BCUT2D eigenvalue weighted by molar-refractivity contribution is 0.0908. The lowest BCUT2D eigenvalue weighted by Crippen LogP contribution is -2.44. The highest BCUT2D eigenvalue weighted by molar-refractivity contribution is 9.10. The quantitative estimate of drug-likeness (QED) is 0.497. The Morgan fingerprint density at radius 2 is 1.84 bits per heavy atom. The zero-order valence-electron chi connectivity index (χ0n) is 18.0. The fourth-order valence-electron chi connectivity index (χ4n) is 3.78. The number of carbonyl (C=O) groups is 1. The number of nitrogens with zero attached hydrogens (tertiary/aromatic N) is 2. The number of rotatable bonds is 7. The third-order valence-electron chi connectivity index (χ3n) is 5.54. The highest BCUT2D eigenvalue weighted by Gasteiger charge is 2.22. The Bertz CT molecular complexity index is 1030. The van der Waals surface area contributed by atoms with E-state index in [9.17, 15) is 4.79 Å². The molecule has 0 spiro atoms. The minimum absolute atomic E-state index is 0.101. The lowest BCUT2D eigenvalue weighted by atomic mass is 10.0. The van der Waals surface area contributed by atoms with E-state index in [2.05, 4.69) is 37.2 Å². The number of likely N-dealkylation sites (tertiary alicyclic amines) is 1. The van der Waals surface area contributed by atoms with Gasteiger partial charge in [0.2, 0.25) is 5.88 Å². The number of para-hydroxylation sites is 1. The van der Waals surface area contributed by atoms with E-state index >= 15 is 0 Å². The molecular weight excluding hydrogens is 470 g/mol. The van der Waals surface area contributed by atoms with Crippen molar-refractivity contribution in [2.45, 2.75) is 25.4 Å². The zero-order valence-corrected chi connectivity index (χ0v) is 19.5. The number of pyridine rings is 1. The van der Waals surface area contributed by atoms with Gasteiger partial charge in [0.05, 0.1) is 12.7 Å². The Labute approximate surface area is 196 Å². The molecule has 0 saturated carbocycles. The summed E-state index contributed by atoms with van der Waals surface area (Å²) in [5.41, 5.74) is 1.72. The molecule has 4 rings (SSSR count). The van der Waals surface area contributed by atoms with Crippen molar-refractivity contribution in [3.8, 4) is 17.4 Å². The highest BCUT2D eigenvalue weighted by Crippen LogP contribution is 2.23. The standard InChI is InChI=1S/C25H26BrN3O3/c1-31-23-5-3-2-4-19(23)17-29-14-12-21(13-15-29)28-25(30)18-6-11-24(27-16-18)32-22-9-7-20(26)8-10-22/h2-11,16,21H,12-15,17H2,1H3,(H,28,30). The van der Waals surface area contributed by atoms with Crippen LogP contribution in [-0.2, 0) is 6.54 Å². The molecule has 0 radical (unpaired) electrons. The van der Waals surface area contributed by atoms with Crippen LogP contribution in [0.15, 0.2) is 71.3 Å². The molecule has 1 saturated heterocycles. The number of aromatic nitrogens is 1. The van der Waals surface area contributed by atoms with Gasteiger partial charge in [-0.2, -0.15) is 0 Å². The fraction of sp³-hybridized carbons (Fsp3) is 0.280. The smallest absolute Gasteiger partial charge is 0.253 e. The molecule has 1 aliphatic rings. The summed E-state index contributed by atoms with van der Waals surface area (Å²) in [7, 11) is 1.70. The second kappa shape index (κ2) is 10.6. The van der Waals surface area contributed by atoms with Gasteiger partial charge in [-0.1, -0.05) is 34.1 Å². The van der Waals surface area contributed by atoms with E-state index in [0.29, 0.717) is 17.2 Å². The SMILES string of the molecule is COc1ccccc1CN1CCC(NC(=O)c2ccc(Oc3ccc(Br)cc3)nc2)CC1. The van der Waals surface area contributed by atoms with Crippen LogP contribution in [0.1, 0.15) is 28.8 Å². The number of ether oxygens (including phenoxy) is 2. The molecule has 0 atom stereocenters. The van der Waals surface area contributed by atoms with E-state index in [1.165, 1.54) is 5.56 Å². The average Bonchev–Trinajstić information content (AvgIpc) is 2.82. The number of methoxy groups -OCH3 is 1. The molecule has 166 valence electrons. The molecular formula is C25H26BrN3O3. The molecule has 1 N–H and O–H groups in total. The van der Waals surface area contributed by atoms with Crippen LogP contribution in [-0.4, -0.2) is 42.0 Å². The van der Waals surface area contributed by atoms with Crippen LogP contribution in [0.5, 0.6) is 17.4 Å². The summed E-state index contributed by atoms with van der Waals surface area (Å²) in [6.07, 6.45) is 3.39. The Kier molecular flexibility index (Phi) is 7.39. The van der Waals surface area contributed by atoms with Gasteiger partial charge in [-0.3, -0.25) is 9.69 Å². The van der Waals surface area contributed by atoms with Gasteiger partial charge < -0.3 is 14.8 Å². The second-order valence-corrected chi connectivity index (χ2v) is 8.69. The van der Waals surface area contributed by atoms with Gasteiger partial charge in [0, 0.05) is 48.0 Å². The van der Waals surface area contributed by atoms with Gasteiger partial charge in [0.15, 0.2) is 0 Å². The maximum absolute atomic E-state index is 12.6. The molecule has 0 aliphatic carbocycles. The van der Waals surface area contributed by atoms with Crippen molar-refractivity contribution < 1.29 is 14.3 Å². The highest BCUT2D eigenvalue weighted by atomic mass is 79.9. The van der Waals surface area contributed by atoms with Gasteiger partial charge in [0.25, 0.3) is 5.91 Å². The summed E-state index contributed by atoms with van der Waals surface area (Å²) in [6, 6.07) is 19.2. The number of benzene rings is 2. The van der Waals surface area contributed by atoms with E-state index in [1.807, 2.05) is 42.5 Å². The molecule has 7 heteroatoms. The van der Waals surface area contributed by atoms with Crippen molar-refractivity contribution in [3.05, 3.63) is 82.5 Å². The maximum atomic E-state index is 12.6. The van der Waals surface area contributed by atoms with Gasteiger partial charge in [-0.15, -0.1) is 0 Å². The summed E-state index contributed by atoms with van der Waals surface area (Å²) < 4.78 is 12.2. The third kappa shape index (κ3) is 5.87. The van der Waals surface area contributed by atoms with Gasteiger partial charge in [-0.05, 0) is 49.2 Å². The minimum atomic E-state index is -0.101. The summed E-state index contributed by atoms with van der Waals surface area (Å²) in [4.78, 5) is 19.3. The number of piperidine rings is 1. The van der Waals surface area contributed by atoms with Crippen molar-refractivity contribution in [1.82, 2.24) is 15.2 Å². The number of amides is 1. The number of nitrogens with one attached hydrogen (secondary N) is 1. The minimum Gasteiger partial charge on any atom is -0.496 e. The number of hydrogen-bond acceptors (Lipinski definition) is 5. The van der Waals surface area contributed by atoms with Crippen LogP contribution in [0.3, 0.4) is 0 Å². The third-order valence-corrected chi connectivity index (χ3v) is 6.07. The first-order valence-electron chi connectivity index (χ1n) is 10.7. The lowest BCUT2D eigenvalue weighted by Gasteiger charge is -2.32. The molecule has 1 aliphatic heterocycles. The van der Waals surface area contributed by atoms with Crippen molar-refractivity contribution in [3.63, 3.8) is 0 Å². The normalized spacial score (nSPS) is 14.7. The predicted molar refractivity (Wildman–Crippen MR) is 127 cm³/mol. The molecule has 0 unspecified atom stereocenters. The van der Waals surface area contributed by atoms with Gasteiger partial charge in [-0.25, -0.2) is 4.98 Å². The van der Waals surface area contributed by atoms with Crippen LogP contribution in [0, 0.1) is 0 Å². The Morgan fingerprint density at radius 1 is 1.09 bits per heavy atom. The molecule has 2 heterocycles. The summed E-state index contributed by atoms with van der Waals surface area (Å²) >= 11 is 3.40. The summed E-state index contributed by atoms with van der Waals surface area (Å²) in [5.74, 6) is 1.96. The first kappa shape index (κ1) is 22.3. The van der Waals surface area contributed by atoms with E-state index in [0.717, 1.165) is 42.7 Å². The first-order valence-corrected chi connectivity index (χ1v) is 11.4. The molecule has 1 aromatic heterocycles. The molecule has 32 heavy (non-hydrogen) atoms. The van der Waals surface area contributed by atoms with Crippen molar-refractivity contribution in [2.75, 3.05) is 20.2 Å². The van der Waals surface area contributed by atoms with E-state index in [4.69, 9.17) is 9.47 Å². The fourth-order valence-corrected chi connectivity index (χ4v) is 4.04. The molecule has 0 bridgehead atoms. The largest absolute Gasteiger partial charge is 0.496 e.